The number of carbonyl (C=O) groups is 4. The molecule has 0 radical (unpaired) electrons. The van der Waals surface area contributed by atoms with Crippen LogP contribution in [-0.2, 0) is 65.4 Å². The molecule has 0 bridgehead atoms. The van der Waals surface area contributed by atoms with Gasteiger partial charge in [0.25, 0.3) is 0 Å². The minimum absolute atomic E-state index is 0.105. The smallest absolute Gasteiger partial charge is 0.462 e. The lowest BCUT2D eigenvalue weighted by Crippen LogP contribution is -2.30. The van der Waals surface area contributed by atoms with Crippen LogP contribution < -0.4 is 0 Å². The van der Waals surface area contributed by atoms with Gasteiger partial charge >= 0.3 is 39.5 Å². The van der Waals surface area contributed by atoms with Gasteiger partial charge in [0.2, 0.25) is 0 Å². The van der Waals surface area contributed by atoms with Gasteiger partial charge in [-0.15, -0.1) is 0 Å². The van der Waals surface area contributed by atoms with E-state index in [0.29, 0.717) is 25.7 Å². The summed E-state index contributed by atoms with van der Waals surface area (Å²) >= 11 is 0. The van der Waals surface area contributed by atoms with Crippen molar-refractivity contribution >= 4 is 39.5 Å². The van der Waals surface area contributed by atoms with Crippen LogP contribution in [0.4, 0.5) is 0 Å². The molecule has 0 heterocycles. The quantitative estimate of drug-likeness (QED) is 0.0169. The predicted molar refractivity (Wildman–Crippen MR) is 382 cm³/mol. The number of esters is 4. The van der Waals surface area contributed by atoms with Crippen LogP contribution >= 0.6 is 15.6 Å². The molecule has 0 aliphatic heterocycles. The van der Waals surface area contributed by atoms with E-state index in [2.05, 4.69) is 39.8 Å². The van der Waals surface area contributed by atoms with Crippen molar-refractivity contribution in [2.75, 3.05) is 39.6 Å². The number of rotatable bonds is 75. The van der Waals surface area contributed by atoms with Crippen LogP contribution in [0.25, 0.3) is 0 Å². The molecule has 0 rings (SSSR count). The number of ether oxygens (including phenoxy) is 4. The third kappa shape index (κ3) is 68.3. The zero-order valence-electron chi connectivity index (χ0n) is 60.7. The van der Waals surface area contributed by atoms with E-state index in [4.69, 9.17) is 37.0 Å². The highest BCUT2D eigenvalue weighted by atomic mass is 31.2. The van der Waals surface area contributed by atoms with Crippen molar-refractivity contribution in [1.82, 2.24) is 0 Å². The fraction of sp³-hybridized carbons (Fsp3) is 0.920. The number of hydrogen-bond acceptors (Lipinski definition) is 15. The Hall–Kier alpha value is -2.20. The highest BCUT2D eigenvalue weighted by Crippen LogP contribution is 2.45. The molecule has 3 N–H and O–H groups in total. The van der Waals surface area contributed by atoms with Crippen molar-refractivity contribution in [2.24, 2.45) is 0 Å². The van der Waals surface area contributed by atoms with Gasteiger partial charge in [-0.2, -0.15) is 0 Å². The molecule has 0 amide bonds. The van der Waals surface area contributed by atoms with E-state index in [0.717, 1.165) is 109 Å². The van der Waals surface area contributed by atoms with Crippen molar-refractivity contribution in [3.63, 3.8) is 0 Å². The third-order valence-corrected chi connectivity index (χ3v) is 19.2. The van der Waals surface area contributed by atoms with E-state index < -0.39 is 97.5 Å². The second-order valence-electron chi connectivity index (χ2n) is 26.7. The van der Waals surface area contributed by atoms with Gasteiger partial charge in [0.05, 0.1) is 26.4 Å². The fourth-order valence-electron chi connectivity index (χ4n) is 11.3. The third-order valence-electron chi connectivity index (χ3n) is 17.3. The van der Waals surface area contributed by atoms with Crippen LogP contribution in [0, 0.1) is 0 Å². The first-order chi connectivity index (χ1) is 45.7. The minimum atomic E-state index is -4.96. The molecule has 0 spiro atoms. The van der Waals surface area contributed by atoms with E-state index in [9.17, 15) is 43.2 Å². The Kier molecular flexibility index (Phi) is 67.7. The van der Waals surface area contributed by atoms with Gasteiger partial charge in [-0.25, -0.2) is 9.13 Å². The van der Waals surface area contributed by atoms with Crippen molar-refractivity contribution in [2.45, 2.75) is 406 Å². The molecule has 0 saturated heterocycles. The second-order valence-corrected chi connectivity index (χ2v) is 29.6. The molecular formula is C75H144O17P2. The van der Waals surface area contributed by atoms with Gasteiger partial charge in [-0.05, 0) is 51.4 Å². The van der Waals surface area contributed by atoms with Crippen LogP contribution in [0.15, 0.2) is 12.2 Å². The Morgan fingerprint density at radius 1 is 0.287 bits per heavy atom. The lowest BCUT2D eigenvalue weighted by Gasteiger charge is -2.21. The average molecular weight is 1380 g/mol. The number of phosphoric ester groups is 2. The maximum absolute atomic E-state index is 13.1. The number of hydrogen-bond donors (Lipinski definition) is 3. The molecule has 556 valence electrons. The number of allylic oxidation sites excluding steroid dienone is 2. The average Bonchev–Trinajstić information content (AvgIpc) is 1.36. The predicted octanol–water partition coefficient (Wildman–Crippen LogP) is 22.0. The lowest BCUT2D eigenvalue weighted by molar-refractivity contribution is -0.161. The Labute approximate surface area is 574 Å². The minimum Gasteiger partial charge on any atom is -0.462 e. The van der Waals surface area contributed by atoms with Gasteiger partial charge in [0.1, 0.15) is 19.3 Å². The van der Waals surface area contributed by atoms with E-state index in [1.54, 1.807) is 0 Å². The van der Waals surface area contributed by atoms with Gasteiger partial charge in [0, 0.05) is 25.7 Å². The summed E-state index contributed by atoms with van der Waals surface area (Å²) in [5, 5.41) is 10.6. The molecule has 5 atom stereocenters. The number of aliphatic hydroxyl groups excluding tert-OH is 1. The fourth-order valence-corrected chi connectivity index (χ4v) is 12.9. The van der Waals surface area contributed by atoms with Crippen LogP contribution in [-0.4, -0.2) is 96.7 Å². The summed E-state index contributed by atoms with van der Waals surface area (Å²) in [7, 11) is -9.91. The molecule has 0 aromatic carbocycles. The monoisotopic (exact) mass is 1380 g/mol. The standard InChI is InChI=1S/C75H144O17P2/c1-5-9-13-17-21-25-29-32-34-37-41-44-48-52-56-60-73(78)86-66-71(92-75(80)62-58-54-50-46-42-38-35-33-30-26-22-18-14-10-6-2)68-90-94(83,84)88-64-69(76)63-87-93(81,82)89-67-70(91-74(79)61-57-53-49-45-39-28-24-20-16-12-8-4)65-85-72(77)59-55-51-47-43-40-36-31-27-23-19-15-11-7-3/h32,34,69-71,76H,5-31,33,35-68H2,1-4H3,(H,81,82)(H,83,84)/b34-32-. The number of phosphoric acid groups is 2. The first-order valence-electron chi connectivity index (χ1n) is 38.9. The summed E-state index contributed by atoms with van der Waals surface area (Å²) in [5.41, 5.74) is 0. The van der Waals surface area contributed by atoms with Crippen LogP contribution in [0.2, 0.25) is 0 Å². The topological polar surface area (TPSA) is 237 Å². The summed E-state index contributed by atoms with van der Waals surface area (Å²) in [6.07, 6.45) is 60.5. The van der Waals surface area contributed by atoms with Gasteiger partial charge < -0.3 is 33.8 Å². The molecule has 17 nitrogen and oxygen atoms in total. The summed E-state index contributed by atoms with van der Waals surface area (Å²) in [4.78, 5) is 72.8. The number of aliphatic hydroxyl groups is 1. The Bertz CT molecular complexity index is 1840. The van der Waals surface area contributed by atoms with Gasteiger partial charge in [-0.1, -0.05) is 322 Å². The molecular weight excluding hydrogens is 1230 g/mol. The van der Waals surface area contributed by atoms with Crippen molar-refractivity contribution in [3.05, 3.63) is 12.2 Å². The summed E-state index contributed by atoms with van der Waals surface area (Å²) < 4.78 is 68.5. The SMILES string of the molecule is CCCCCCCC/C=C\CCCCCCCC(=O)OCC(COP(=O)(O)OCC(O)COP(=O)(O)OCC(COC(=O)CCCCCCCCCCCCCCC)OC(=O)CCCCCCCCCCCCC)OC(=O)CCCCCCCCCCCCCCCCC. The van der Waals surface area contributed by atoms with E-state index >= 15 is 0 Å². The molecule has 0 saturated carbocycles. The molecule has 0 fully saturated rings. The molecule has 5 unspecified atom stereocenters. The molecule has 0 aliphatic carbocycles. The zero-order chi connectivity index (χ0) is 69.0. The Morgan fingerprint density at radius 3 is 0.734 bits per heavy atom. The molecule has 0 aromatic heterocycles. The summed E-state index contributed by atoms with van der Waals surface area (Å²) in [6.45, 7) is 4.96. The molecule has 19 heteroatoms. The van der Waals surface area contributed by atoms with Crippen molar-refractivity contribution in [3.8, 4) is 0 Å². The van der Waals surface area contributed by atoms with Gasteiger partial charge in [-0.3, -0.25) is 37.3 Å². The van der Waals surface area contributed by atoms with E-state index in [-0.39, 0.29) is 25.7 Å². The van der Waals surface area contributed by atoms with Crippen molar-refractivity contribution in [1.29, 1.82) is 0 Å². The first kappa shape index (κ1) is 91.8. The van der Waals surface area contributed by atoms with Crippen LogP contribution in [0.5, 0.6) is 0 Å². The van der Waals surface area contributed by atoms with Gasteiger partial charge in [0.15, 0.2) is 12.2 Å². The summed E-state index contributed by atoms with van der Waals surface area (Å²) in [5.74, 6) is -2.13. The first-order valence-corrected chi connectivity index (χ1v) is 41.9. The molecule has 0 aromatic rings. The largest absolute Gasteiger partial charge is 0.472 e. The highest BCUT2D eigenvalue weighted by molar-refractivity contribution is 7.47. The van der Waals surface area contributed by atoms with Crippen LogP contribution in [0.1, 0.15) is 387 Å². The maximum Gasteiger partial charge on any atom is 0.472 e. The summed E-state index contributed by atoms with van der Waals surface area (Å²) in [6, 6.07) is 0. The lowest BCUT2D eigenvalue weighted by atomic mass is 10.0. The van der Waals surface area contributed by atoms with E-state index in [1.165, 1.54) is 199 Å². The number of unbranched alkanes of at least 4 members (excludes halogenated alkanes) is 47. The second kappa shape index (κ2) is 69.3. The maximum atomic E-state index is 13.1. The normalized spacial score (nSPS) is 14.0. The molecule has 94 heavy (non-hydrogen) atoms. The van der Waals surface area contributed by atoms with Crippen molar-refractivity contribution < 1.29 is 80.2 Å². The molecule has 0 aliphatic rings. The number of carbonyl (C=O) groups excluding carboxylic acids is 4. The highest BCUT2D eigenvalue weighted by Gasteiger charge is 2.30. The van der Waals surface area contributed by atoms with E-state index in [1.807, 2.05) is 0 Å². The van der Waals surface area contributed by atoms with Crippen LogP contribution in [0.3, 0.4) is 0 Å². The Balaban J connectivity index is 5.26. The Morgan fingerprint density at radius 2 is 0.489 bits per heavy atom. The zero-order valence-corrected chi connectivity index (χ0v) is 62.5.